The van der Waals surface area contributed by atoms with Gasteiger partial charge in [-0.05, 0) is 19.8 Å². The molecular formula is C13H25NO3. The second kappa shape index (κ2) is 10.3. The van der Waals surface area contributed by atoms with E-state index in [4.69, 9.17) is 9.47 Å². The summed E-state index contributed by atoms with van der Waals surface area (Å²) in [5.74, 6) is -0.233. The Hall–Kier alpha value is -0.870. The van der Waals surface area contributed by atoms with Crippen LogP contribution in [-0.4, -0.2) is 25.5 Å². The molecule has 0 aliphatic rings. The van der Waals surface area contributed by atoms with Crippen molar-refractivity contribution in [2.75, 3.05) is 13.2 Å². The van der Waals surface area contributed by atoms with E-state index in [1.807, 2.05) is 0 Å². The summed E-state index contributed by atoms with van der Waals surface area (Å²) in [5.41, 5.74) is 0.452. The van der Waals surface area contributed by atoms with Crippen LogP contribution in [0.4, 0.5) is 0 Å². The summed E-state index contributed by atoms with van der Waals surface area (Å²) in [7, 11) is 0. The Balaban J connectivity index is 4.00. The summed E-state index contributed by atoms with van der Waals surface area (Å²) in [5, 5.41) is 2.65. The quantitative estimate of drug-likeness (QED) is 0.364. The third-order valence-electron chi connectivity index (χ3n) is 2.17. The van der Waals surface area contributed by atoms with Crippen molar-refractivity contribution in [2.24, 2.45) is 0 Å². The van der Waals surface area contributed by atoms with Crippen LogP contribution in [0.5, 0.6) is 0 Å². The largest absolute Gasteiger partial charge is 0.335 e. The van der Waals surface area contributed by atoms with Crippen molar-refractivity contribution in [2.45, 2.75) is 52.9 Å². The Kier molecular flexibility index (Phi) is 9.77. The molecule has 100 valence electrons. The fraction of sp³-hybridized carbons (Fsp3) is 0.769. The summed E-state index contributed by atoms with van der Waals surface area (Å²) < 4.78 is 10.9. The minimum atomic E-state index is -0.655. The average Bonchev–Trinajstić information content (AvgIpc) is 2.29. The van der Waals surface area contributed by atoms with Crippen LogP contribution in [0.25, 0.3) is 0 Å². The van der Waals surface area contributed by atoms with Crippen LogP contribution in [0, 0.1) is 0 Å². The van der Waals surface area contributed by atoms with Gasteiger partial charge in [0.15, 0.2) is 0 Å². The zero-order valence-corrected chi connectivity index (χ0v) is 11.3. The molecular weight excluding hydrogens is 218 g/mol. The van der Waals surface area contributed by atoms with E-state index in [9.17, 15) is 4.79 Å². The van der Waals surface area contributed by atoms with E-state index in [1.165, 1.54) is 0 Å². The summed E-state index contributed by atoms with van der Waals surface area (Å²) in [6, 6.07) is 0. The zero-order chi connectivity index (χ0) is 13.1. The number of hydrogen-bond acceptors (Lipinski definition) is 3. The van der Waals surface area contributed by atoms with Gasteiger partial charge in [-0.1, -0.05) is 33.3 Å². The van der Waals surface area contributed by atoms with Gasteiger partial charge < -0.3 is 14.8 Å². The van der Waals surface area contributed by atoms with Crippen LogP contribution >= 0.6 is 0 Å². The van der Waals surface area contributed by atoms with Crippen LogP contribution in [0.1, 0.15) is 46.5 Å². The summed E-state index contributed by atoms with van der Waals surface area (Å²) in [6.07, 6.45) is 3.36. The van der Waals surface area contributed by atoms with Gasteiger partial charge in [0.25, 0.3) is 0 Å². The molecule has 0 aliphatic heterocycles. The summed E-state index contributed by atoms with van der Waals surface area (Å²) in [6.45, 7) is 10.6. The molecule has 0 aromatic carbocycles. The number of nitrogens with one attached hydrogen (secondary N) is 1. The van der Waals surface area contributed by atoms with E-state index in [-0.39, 0.29) is 5.91 Å². The number of unbranched alkanes of at least 4 members (excludes halogenated alkanes) is 2. The van der Waals surface area contributed by atoms with Crippen molar-refractivity contribution in [3.8, 4) is 0 Å². The fourth-order valence-electron chi connectivity index (χ4n) is 1.03. The number of amides is 1. The molecule has 0 saturated heterocycles. The molecule has 0 saturated carbocycles. The van der Waals surface area contributed by atoms with Crippen LogP contribution in [0.3, 0.4) is 0 Å². The topological polar surface area (TPSA) is 47.6 Å². The van der Waals surface area contributed by atoms with Crippen molar-refractivity contribution in [1.29, 1.82) is 0 Å². The minimum absolute atomic E-state index is 0.233. The lowest BCUT2D eigenvalue weighted by atomic mass is 10.3. The zero-order valence-electron chi connectivity index (χ0n) is 11.3. The molecule has 0 radical (unpaired) electrons. The second-order valence-electron chi connectivity index (χ2n) is 4.03. The molecule has 0 bridgehead atoms. The average molecular weight is 243 g/mol. The van der Waals surface area contributed by atoms with Crippen molar-refractivity contribution >= 4 is 5.91 Å². The maximum atomic E-state index is 11.4. The highest BCUT2D eigenvalue weighted by Crippen LogP contribution is 1.99. The van der Waals surface area contributed by atoms with Crippen molar-refractivity contribution in [3.05, 3.63) is 12.2 Å². The Labute approximate surface area is 104 Å². The van der Waals surface area contributed by atoms with Gasteiger partial charge in [-0.25, -0.2) is 0 Å². The Morgan fingerprint density at radius 3 is 2.00 bits per heavy atom. The Morgan fingerprint density at radius 1 is 1.18 bits per heavy atom. The SMILES string of the molecule is C=C(C)C(=O)NC(OCCCC)OCCCC. The van der Waals surface area contributed by atoms with Gasteiger partial charge in [0.2, 0.25) is 12.3 Å². The van der Waals surface area contributed by atoms with Crippen LogP contribution in [-0.2, 0) is 14.3 Å². The molecule has 0 unspecified atom stereocenters. The van der Waals surface area contributed by atoms with Crippen LogP contribution < -0.4 is 5.32 Å². The van der Waals surface area contributed by atoms with Gasteiger partial charge in [0.05, 0.1) is 13.2 Å². The van der Waals surface area contributed by atoms with Gasteiger partial charge >= 0.3 is 0 Å². The number of carbonyl (C=O) groups is 1. The smallest absolute Gasteiger partial charge is 0.250 e. The molecule has 17 heavy (non-hydrogen) atoms. The molecule has 0 fully saturated rings. The first kappa shape index (κ1) is 16.1. The monoisotopic (exact) mass is 243 g/mol. The maximum Gasteiger partial charge on any atom is 0.250 e. The minimum Gasteiger partial charge on any atom is -0.335 e. The molecule has 0 aromatic rings. The summed E-state index contributed by atoms with van der Waals surface area (Å²) in [4.78, 5) is 11.4. The van der Waals surface area contributed by atoms with E-state index in [0.717, 1.165) is 25.7 Å². The van der Waals surface area contributed by atoms with E-state index >= 15 is 0 Å². The number of ether oxygens (including phenoxy) is 2. The van der Waals surface area contributed by atoms with E-state index in [0.29, 0.717) is 18.8 Å². The highest BCUT2D eigenvalue weighted by atomic mass is 16.7. The highest BCUT2D eigenvalue weighted by Gasteiger charge is 2.12. The Bertz CT molecular complexity index is 219. The molecule has 1 amide bonds. The fourth-order valence-corrected chi connectivity index (χ4v) is 1.03. The molecule has 0 aliphatic carbocycles. The molecule has 0 spiro atoms. The molecule has 4 heteroatoms. The standard InChI is InChI=1S/C13H25NO3/c1-5-7-9-16-13(17-10-8-6-2)14-12(15)11(3)4/h13H,3,5-10H2,1-2,4H3,(H,14,15). The normalized spacial score (nSPS) is 10.6. The van der Waals surface area contributed by atoms with Crippen molar-refractivity contribution < 1.29 is 14.3 Å². The lowest BCUT2D eigenvalue weighted by Crippen LogP contribution is -2.39. The first-order valence-electron chi connectivity index (χ1n) is 6.31. The lowest BCUT2D eigenvalue weighted by Gasteiger charge is -2.19. The third-order valence-corrected chi connectivity index (χ3v) is 2.17. The predicted octanol–water partition coefficient (Wildman–Crippen LogP) is 2.60. The van der Waals surface area contributed by atoms with E-state index < -0.39 is 6.41 Å². The van der Waals surface area contributed by atoms with Crippen molar-refractivity contribution in [1.82, 2.24) is 5.32 Å². The number of rotatable bonds is 10. The summed E-state index contributed by atoms with van der Waals surface area (Å²) >= 11 is 0. The van der Waals surface area contributed by atoms with Gasteiger partial charge in [0, 0.05) is 5.57 Å². The molecule has 1 N–H and O–H groups in total. The molecule has 0 rings (SSSR count). The predicted molar refractivity (Wildman–Crippen MR) is 68.5 cm³/mol. The molecule has 0 aromatic heterocycles. The van der Waals surface area contributed by atoms with Crippen LogP contribution in [0.15, 0.2) is 12.2 Å². The van der Waals surface area contributed by atoms with Crippen molar-refractivity contribution in [3.63, 3.8) is 0 Å². The lowest BCUT2D eigenvalue weighted by molar-refractivity contribution is -0.168. The van der Waals surface area contributed by atoms with Gasteiger partial charge in [-0.15, -0.1) is 0 Å². The molecule has 0 atom stereocenters. The van der Waals surface area contributed by atoms with E-state index in [2.05, 4.69) is 25.7 Å². The first-order valence-corrected chi connectivity index (χ1v) is 6.31. The van der Waals surface area contributed by atoms with Gasteiger partial charge in [-0.3, -0.25) is 4.79 Å². The number of carbonyl (C=O) groups excluding carboxylic acids is 1. The van der Waals surface area contributed by atoms with Gasteiger partial charge in [0.1, 0.15) is 0 Å². The first-order chi connectivity index (χ1) is 8.11. The molecule has 0 heterocycles. The third kappa shape index (κ3) is 8.89. The molecule has 4 nitrogen and oxygen atoms in total. The van der Waals surface area contributed by atoms with E-state index in [1.54, 1.807) is 6.92 Å². The highest BCUT2D eigenvalue weighted by molar-refractivity contribution is 5.92. The Morgan fingerprint density at radius 2 is 1.65 bits per heavy atom. The number of hydrogen-bond donors (Lipinski definition) is 1. The van der Waals surface area contributed by atoms with Gasteiger partial charge in [-0.2, -0.15) is 0 Å². The maximum absolute atomic E-state index is 11.4. The second-order valence-corrected chi connectivity index (χ2v) is 4.03. The van der Waals surface area contributed by atoms with Crippen LogP contribution in [0.2, 0.25) is 0 Å².